The number of carbonyl (C=O) groups excluding carboxylic acids is 1. The number of aromatic nitrogens is 1. The molecule has 128 valence electrons. The van der Waals surface area contributed by atoms with Crippen LogP contribution in [0.15, 0.2) is 34.7 Å². The summed E-state index contributed by atoms with van der Waals surface area (Å²) in [5.41, 5.74) is 1.25. The Labute approximate surface area is 142 Å². The highest BCUT2D eigenvalue weighted by Gasteiger charge is 2.34. The Hall–Kier alpha value is -2.14. The Morgan fingerprint density at radius 3 is 2.67 bits per heavy atom. The SMILES string of the molecule is CC(C)C(O)CCNC(=O)c1nc(-c2ccccc2)oc1C1CC1. The predicted molar refractivity (Wildman–Crippen MR) is 91.7 cm³/mol. The summed E-state index contributed by atoms with van der Waals surface area (Å²) in [7, 11) is 0. The quantitative estimate of drug-likeness (QED) is 0.817. The maximum absolute atomic E-state index is 12.5. The van der Waals surface area contributed by atoms with Gasteiger partial charge in [0.2, 0.25) is 5.89 Å². The minimum Gasteiger partial charge on any atom is -0.440 e. The number of amides is 1. The van der Waals surface area contributed by atoms with E-state index in [4.69, 9.17) is 4.42 Å². The number of benzene rings is 1. The molecule has 1 saturated carbocycles. The summed E-state index contributed by atoms with van der Waals surface area (Å²) < 4.78 is 5.89. The van der Waals surface area contributed by atoms with E-state index in [0.717, 1.165) is 18.4 Å². The van der Waals surface area contributed by atoms with Crippen molar-refractivity contribution in [2.45, 2.75) is 45.1 Å². The molecule has 0 spiro atoms. The molecule has 1 aromatic heterocycles. The average molecular weight is 328 g/mol. The van der Waals surface area contributed by atoms with E-state index in [-0.39, 0.29) is 11.8 Å². The number of aliphatic hydroxyl groups is 1. The van der Waals surface area contributed by atoms with E-state index in [1.54, 1.807) is 0 Å². The molecule has 2 N–H and O–H groups in total. The number of rotatable bonds is 7. The molecule has 1 aromatic carbocycles. The summed E-state index contributed by atoms with van der Waals surface area (Å²) in [6, 6.07) is 9.61. The number of oxazole rings is 1. The number of carbonyl (C=O) groups is 1. The van der Waals surface area contributed by atoms with Crippen molar-refractivity contribution >= 4 is 5.91 Å². The first kappa shape index (κ1) is 16.7. The molecular formula is C19H24N2O3. The summed E-state index contributed by atoms with van der Waals surface area (Å²) >= 11 is 0. The zero-order valence-electron chi connectivity index (χ0n) is 14.2. The van der Waals surface area contributed by atoms with Gasteiger partial charge in [-0.25, -0.2) is 4.98 Å². The van der Waals surface area contributed by atoms with Gasteiger partial charge in [-0.1, -0.05) is 32.0 Å². The summed E-state index contributed by atoms with van der Waals surface area (Å²) in [6.07, 6.45) is 2.20. The normalized spacial score (nSPS) is 15.5. The highest BCUT2D eigenvalue weighted by molar-refractivity contribution is 5.94. The summed E-state index contributed by atoms with van der Waals surface area (Å²) in [5, 5.41) is 12.7. The maximum Gasteiger partial charge on any atom is 0.273 e. The fourth-order valence-corrected chi connectivity index (χ4v) is 2.57. The molecule has 0 aliphatic heterocycles. The number of nitrogens with zero attached hydrogens (tertiary/aromatic N) is 1. The molecule has 1 unspecified atom stereocenters. The zero-order valence-corrected chi connectivity index (χ0v) is 14.2. The lowest BCUT2D eigenvalue weighted by Gasteiger charge is -2.14. The van der Waals surface area contributed by atoms with Gasteiger partial charge >= 0.3 is 0 Å². The van der Waals surface area contributed by atoms with Gasteiger partial charge in [0.05, 0.1) is 6.10 Å². The van der Waals surface area contributed by atoms with Crippen LogP contribution in [-0.4, -0.2) is 28.6 Å². The topological polar surface area (TPSA) is 75.4 Å². The van der Waals surface area contributed by atoms with Gasteiger partial charge in [-0.2, -0.15) is 0 Å². The molecule has 1 atom stereocenters. The van der Waals surface area contributed by atoms with Crippen LogP contribution in [0.2, 0.25) is 0 Å². The van der Waals surface area contributed by atoms with Crippen LogP contribution < -0.4 is 5.32 Å². The third-order valence-electron chi connectivity index (χ3n) is 4.33. The fourth-order valence-electron chi connectivity index (χ4n) is 2.57. The molecule has 1 heterocycles. The van der Waals surface area contributed by atoms with Gasteiger partial charge in [-0.15, -0.1) is 0 Å². The summed E-state index contributed by atoms with van der Waals surface area (Å²) in [4.78, 5) is 16.9. The van der Waals surface area contributed by atoms with Gasteiger partial charge in [0.1, 0.15) is 5.76 Å². The second kappa shape index (κ2) is 7.18. The third-order valence-corrected chi connectivity index (χ3v) is 4.33. The van der Waals surface area contributed by atoms with Crippen molar-refractivity contribution in [2.24, 2.45) is 5.92 Å². The van der Waals surface area contributed by atoms with Crippen LogP contribution >= 0.6 is 0 Å². The second-order valence-corrected chi connectivity index (χ2v) is 6.73. The summed E-state index contributed by atoms with van der Waals surface area (Å²) in [5.74, 6) is 1.44. The predicted octanol–water partition coefficient (Wildman–Crippen LogP) is 3.36. The van der Waals surface area contributed by atoms with Crippen molar-refractivity contribution in [2.75, 3.05) is 6.54 Å². The zero-order chi connectivity index (χ0) is 17.1. The highest BCUT2D eigenvalue weighted by atomic mass is 16.4. The van der Waals surface area contributed by atoms with E-state index in [9.17, 15) is 9.90 Å². The van der Waals surface area contributed by atoms with E-state index < -0.39 is 6.10 Å². The number of hydrogen-bond donors (Lipinski definition) is 2. The molecule has 1 amide bonds. The fraction of sp³-hybridized carbons (Fsp3) is 0.474. The lowest BCUT2D eigenvalue weighted by Crippen LogP contribution is -2.29. The van der Waals surface area contributed by atoms with Gasteiger partial charge in [-0.3, -0.25) is 4.79 Å². The first-order valence-corrected chi connectivity index (χ1v) is 8.58. The molecule has 1 aliphatic carbocycles. The lowest BCUT2D eigenvalue weighted by atomic mass is 10.0. The van der Waals surface area contributed by atoms with Crippen molar-refractivity contribution in [3.05, 3.63) is 41.8 Å². The van der Waals surface area contributed by atoms with Gasteiger partial charge in [0.25, 0.3) is 5.91 Å². The second-order valence-electron chi connectivity index (χ2n) is 6.73. The van der Waals surface area contributed by atoms with Crippen LogP contribution in [0.4, 0.5) is 0 Å². The number of hydrogen-bond acceptors (Lipinski definition) is 4. The Bertz CT molecular complexity index is 690. The van der Waals surface area contributed by atoms with Gasteiger partial charge in [0, 0.05) is 18.0 Å². The van der Waals surface area contributed by atoms with Gasteiger partial charge in [0.15, 0.2) is 5.69 Å². The molecule has 24 heavy (non-hydrogen) atoms. The van der Waals surface area contributed by atoms with E-state index >= 15 is 0 Å². The minimum absolute atomic E-state index is 0.181. The molecule has 5 nitrogen and oxygen atoms in total. The molecule has 1 aliphatic rings. The number of aliphatic hydroxyl groups excluding tert-OH is 1. The van der Waals surface area contributed by atoms with Crippen LogP contribution in [0.5, 0.6) is 0 Å². The van der Waals surface area contributed by atoms with Crippen molar-refractivity contribution in [3.8, 4) is 11.5 Å². The van der Waals surface area contributed by atoms with Crippen LogP contribution in [0.3, 0.4) is 0 Å². The maximum atomic E-state index is 12.5. The molecule has 0 saturated heterocycles. The largest absolute Gasteiger partial charge is 0.440 e. The molecule has 2 aromatic rings. The monoisotopic (exact) mass is 328 g/mol. The first-order chi connectivity index (χ1) is 11.6. The van der Waals surface area contributed by atoms with Crippen LogP contribution in [-0.2, 0) is 0 Å². The standard InChI is InChI=1S/C19H24N2O3/c1-12(2)15(22)10-11-20-18(23)16-17(13-8-9-13)24-19(21-16)14-6-4-3-5-7-14/h3-7,12-13,15,22H,8-11H2,1-2H3,(H,20,23). The van der Waals surface area contributed by atoms with Crippen molar-refractivity contribution in [3.63, 3.8) is 0 Å². The Morgan fingerprint density at radius 2 is 2.04 bits per heavy atom. The van der Waals surface area contributed by atoms with Crippen molar-refractivity contribution < 1.29 is 14.3 Å². The Kier molecular flexibility index (Phi) is 5.00. The molecule has 5 heteroatoms. The molecule has 3 rings (SSSR count). The lowest BCUT2D eigenvalue weighted by molar-refractivity contribution is 0.0914. The third kappa shape index (κ3) is 3.85. The molecule has 1 fully saturated rings. The van der Waals surface area contributed by atoms with E-state index in [1.807, 2.05) is 44.2 Å². The van der Waals surface area contributed by atoms with Crippen LogP contribution in [0.1, 0.15) is 55.3 Å². The smallest absolute Gasteiger partial charge is 0.273 e. The van der Waals surface area contributed by atoms with Crippen LogP contribution in [0, 0.1) is 5.92 Å². The Morgan fingerprint density at radius 1 is 1.33 bits per heavy atom. The Balaban J connectivity index is 1.72. The van der Waals surface area contributed by atoms with E-state index in [0.29, 0.717) is 36.2 Å². The molecule has 0 bridgehead atoms. The van der Waals surface area contributed by atoms with Gasteiger partial charge in [-0.05, 0) is 37.3 Å². The van der Waals surface area contributed by atoms with Crippen molar-refractivity contribution in [1.82, 2.24) is 10.3 Å². The van der Waals surface area contributed by atoms with Crippen LogP contribution in [0.25, 0.3) is 11.5 Å². The van der Waals surface area contributed by atoms with Gasteiger partial charge < -0.3 is 14.8 Å². The molecular weight excluding hydrogens is 304 g/mol. The van der Waals surface area contributed by atoms with E-state index in [1.165, 1.54) is 0 Å². The number of nitrogens with one attached hydrogen (secondary N) is 1. The highest BCUT2D eigenvalue weighted by Crippen LogP contribution is 2.43. The van der Waals surface area contributed by atoms with E-state index in [2.05, 4.69) is 10.3 Å². The average Bonchev–Trinajstić information content (AvgIpc) is 3.33. The molecule has 0 radical (unpaired) electrons. The summed E-state index contributed by atoms with van der Waals surface area (Å²) in [6.45, 7) is 4.35. The minimum atomic E-state index is -0.412. The first-order valence-electron chi connectivity index (χ1n) is 8.58. The van der Waals surface area contributed by atoms with Crippen molar-refractivity contribution in [1.29, 1.82) is 0 Å².